The highest BCUT2D eigenvalue weighted by Crippen LogP contribution is 2.34. The number of ether oxygens (including phenoxy) is 1. The Kier molecular flexibility index (Phi) is 6.46. The Bertz CT molecular complexity index is 1040. The molecule has 0 saturated heterocycles. The van der Waals surface area contributed by atoms with Gasteiger partial charge in [-0.2, -0.15) is 0 Å². The molecule has 29 heavy (non-hydrogen) atoms. The molecule has 0 atom stereocenters. The van der Waals surface area contributed by atoms with Crippen LogP contribution in [-0.4, -0.2) is 24.9 Å². The third-order valence-corrected chi connectivity index (χ3v) is 6.30. The second-order valence-electron chi connectivity index (χ2n) is 6.38. The molecule has 0 aliphatic rings. The van der Waals surface area contributed by atoms with Crippen molar-refractivity contribution in [3.05, 3.63) is 68.2 Å². The Balaban J connectivity index is 1.85. The van der Waals surface area contributed by atoms with E-state index >= 15 is 0 Å². The standard InChI is InChI=1S/C21H20N2O4S2/c1-12-6-8-14(9-7-12)22-19(25)18-13(2)17(21(26)27-3)20(29-18)23-16(24)11-15-5-4-10-28-15/h4-10H,11H2,1-3H3,(H,22,25)(H,23,24). The van der Waals surface area contributed by atoms with E-state index in [1.54, 1.807) is 19.1 Å². The number of carbonyl (C=O) groups is 3. The van der Waals surface area contributed by atoms with Crippen molar-refractivity contribution in [2.24, 2.45) is 0 Å². The van der Waals surface area contributed by atoms with Crippen LogP contribution in [0.25, 0.3) is 0 Å². The third-order valence-electron chi connectivity index (χ3n) is 4.22. The summed E-state index contributed by atoms with van der Waals surface area (Å²) in [6.45, 7) is 3.63. The maximum Gasteiger partial charge on any atom is 0.341 e. The van der Waals surface area contributed by atoms with Crippen LogP contribution < -0.4 is 10.6 Å². The highest BCUT2D eigenvalue weighted by molar-refractivity contribution is 7.19. The van der Waals surface area contributed by atoms with Crippen LogP contribution in [-0.2, 0) is 16.0 Å². The smallest absolute Gasteiger partial charge is 0.341 e. The van der Waals surface area contributed by atoms with Gasteiger partial charge in [0.2, 0.25) is 5.91 Å². The van der Waals surface area contributed by atoms with Crippen LogP contribution in [0, 0.1) is 13.8 Å². The van der Waals surface area contributed by atoms with Crippen molar-refractivity contribution < 1.29 is 19.1 Å². The van der Waals surface area contributed by atoms with Crippen LogP contribution in [0.15, 0.2) is 41.8 Å². The average molecular weight is 429 g/mol. The first-order valence-corrected chi connectivity index (χ1v) is 10.5. The number of methoxy groups -OCH3 is 1. The molecule has 0 aliphatic carbocycles. The monoisotopic (exact) mass is 428 g/mol. The minimum atomic E-state index is -0.598. The largest absolute Gasteiger partial charge is 0.465 e. The fraction of sp³-hybridized carbons (Fsp3) is 0.190. The van der Waals surface area contributed by atoms with E-state index in [0.29, 0.717) is 21.1 Å². The number of hydrogen-bond donors (Lipinski definition) is 2. The molecule has 2 heterocycles. The first-order chi connectivity index (χ1) is 13.9. The Morgan fingerprint density at radius 2 is 1.76 bits per heavy atom. The lowest BCUT2D eigenvalue weighted by Gasteiger charge is -2.05. The number of anilines is 2. The van der Waals surface area contributed by atoms with Crippen LogP contribution in [0.2, 0.25) is 0 Å². The quantitative estimate of drug-likeness (QED) is 0.560. The van der Waals surface area contributed by atoms with Crippen molar-refractivity contribution in [2.75, 3.05) is 17.7 Å². The Labute approximate surface area is 176 Å². The predicted molar refractivity (Wildman–Crippen MR) is 116 cm³/mol. The first kappa shape index (κ1) is 20.8. The number of rotatable bonds is 6. The highest BCUT2D eigenvalue weighted by Gasteiger charge is 2.26. The minimum Gasteiger partial charge on any atom is -0.465 e. The lowest BCUT2D eigenvalue weighted by atomic mass is 10.1. The molecule has 1 aromatic carbocycles. The van der Waals surface area contributed by atoms with Gasteiger partial charge < -0.3 is 15.4 Å². The molecule has 150 valence electrons. The van der Waals surface area contributed by atoms with Gasteiger partial charge in [-0.05, 0) is 43.0 Å². The molecule has 2 N–H and O–H groups in total. The number of carbonyl (C=O) groups excluding carboxylic acids is 3. The van der Waals surface area contributed by atoms with E-state index < -0.39 is 5.97 Å². The number of amides is 2. The molecule has 0 bridgehead atoms. The number of benzene rings is 1. The van der Waals surface area contributed by atoms with Gasteiger partial charge in [0.15, 0.2) is 0 Å². The molecule has 0 saturated carbocycles. The topological polar surface area (TPSA) is 84.5 Å². The number of nitrogens with one attached hydrogen (secondary N) is 2. The van der Waals surface area contributed by atoms with Gasteiger partial charge >= 0.3 is 5.97 Å². The highest BCUT2D eigenvalue weighted by atomic mass is 32.1. The summed E-state index contributed by atoms with van der Waals surface area (Å²) in [5, 5.41) is 7.78. The zero-order chi connectivity index (χ0) is 21.0. The van der Waals surface area contributed by atoms with Crippen molar-refractivity contribution in [1.29, 1.82) is 0 Å². The Morgan fingerprint density at radius 1 is 1.03 bits per heavy atom. The van der Waals surface area contributed by atoms with Crippen LogP contribution in [0.3, 0.4) is 0 Å². The van der Waals surface area contributed by atoms with Crippen molar-refractivity contribution >= 4 is 51.1 Å². The molecule has 2 amide bonds. The number of thiophene rings is 2. The molecule has 0 aliphatic heterocycles. The fourth-order valence-corrected chi connectivity index (χ4v) is 4.54. The van der Waals surface area contributed by atoms with Gasteiger partial charge in [-0.3, -0.25) is 9.59 Å². The molecule has 3 rings (SSSR count). The molecule has 0 spiro atoms. The molecule has 0 unspecified atom stereocenters. The average Bonchev–Trinajstić information content (AvgIpc) is 3.30. The van der Waals surface area contributed by atoms with E-state index in [2.05, 4.69) is 10.6 Å². The predicted octanol–water partition coefficient (Wildman–Crippen LogP) is 4.65. The maximum atomic E-state index is 12.8. The van der Waals surface area contributed by atoms with Gasteiger partial charge in [-0.15, -0.1) is 22.7 Å². The number of hydrogen-bond acceptors (Lipinski definition) is 6. The zero-order valence-corrected chi connectivity index (χ0v) is 17.8. The third kappa shape index (κ3) is 4.90. The van der Waals surface area contributed by atoms with Gasteiger partial charge in [0, 0.05) is 10.6 Å². The molecule has 3 aromatic rings. The Hall–Kier alpha value is -2.97. The van der Waals surface area contributed by atoms with Crippen molar-refractivity contribution in [3.63, 3.8) is 0 Å². The minimum absolute atomic E-state index is 0.195. The number of esters is 1. The van der Waals surface area contributed by atoms with Crippen molar-refractivity contribution in [2.45, 2.75) is 20.3 Å². The van der Waals surface area contributed by atoms with Crippen LogP contribution in [0.4, 0.5) is 10.7 Å². The molecule has 8 heteroatoms. The molecular formula is C21H20N2O4S2. The lowest BCUT2D eigenvalue weighted by molar-refractivity contribution is -0.115. The Morgan fingerprint density at radius 3 is 2.38 bits per heavy atom. The normalized spacial score (nSPS) is 10.4. The lowest BCUT2D eigenvalue weighted by Crippen LogP contribution is -2.15. The fourth-order valence-electron chi connectivity index (χ4n) is 2.73. The van der Waals surface area contributed by atoms with Gasteiger partial charge in [-0.1, -0.05) is 23.8 Å². The van der Waals surface area contributed by atoms with E-state index in [4.69, 9.17) is 4.74 Å². The first-order valence-electron chi connectivity index (χ1n) is 8.81. The van der Waals surface area contributed by atoms with E-state index in [-0.39, 0.29) is 23.8 Å². The summed E-state index contributed by atoms with van der Waals surface area (Å²) in [4.78, 5) is 38.7. The second kappa shape index (κ2) is 9.02. The summed E-state index contributed by atoms with van der Waals surface area (Å²) in [6.07, 6.45) is 0.195. The number of aryl methyl sites for hydroxylation is 1. The van der Waals surface area contributed by atoms with Crippen LogP contribution >= 0.6 is 22.7 Å². The second-order valence-corrected chi connectivity index (χ2v) is 8.43. The van der Waals surface area contributed by atoms with Crippen LogP contribution in [0.5, 0.6) is 0 Å². The van der Waals surface area contributed by atoms with Crippen molar-refractivity contribution in [3.8, 4) is 0 Å². The molecule has 0 fully saturated rings. The summed E-state index contributed by atoms with van der Waals surface area (Å²) >= 11 is 2.54. The van der Waals surface area contributed by atoms with Gasteiger partial charge in [0.05, 0.1) is 24.0 Å². The summed E-state index contributed by atoms with van der Waals surface area (Å²) < 4.78 is 4.86. The summed E-state index contributed by atoms with van der Waals surface area (Å²) in [6, 6.07) is 11.1. The molecule has 0 radical (unpaired) electrons. The molecule has 2 aromatic heterocycles. The molecule has 6 nitrogen and oxygen atoms in total. The summed E-state index contributed by atoms with van der Waals surface area (Å²) in [7, 11) is 1.27. The zero-order valence-electron chi connectivity index (χ0n) is 16.2. The summed E-state index contributed by atoms with van der Waals surface area (Å²) in [5.41, 5.74) is 2.40. The van der Waals surface area contributed by atoms with E-state index in [1.807, 2.05) is 36.6 Å². The SMILES string of the molecule is COC(=O)c1c(NC(=O)Cc2cccs2)sc(C(=O)Nc2ccc(C)cc2)c1C. The maximum absolute atomic E-state index is 12.8. The van der Waals surface area contributed by atoms with E-state index in [9.17, 15) is 14.4 Å². The summed E-state index contributed by atoms with van der Waals surface area (Å²) in [5.74, 6) is -1.20. The van der Waals surface area contributed by atoms with Gasteiger partial charge in [0.1, 0.15) is 5.00 Å². The van der Waals surface area contributed by atoms with Gasteiger partial charge in [0.25, 0.3) is 5.91 Å². The van der Waals surface area contributed by atoms with E-state index in [1.165, 1.54) is 18.4 Å². The van der Waals surface area contributed by atoms with E-state index in [0.717, 1.165) is 21.8 Å². The van der Waals surface area contributed by atoms with Crippen LogP contribution in [0.1, 0.15) is 36.0 Å². The van der Waals surface area contributed by atoms with Gasteiger partial charge in [-0.25, -0.2) is 4.79 Å². The van der Waals surface area contributed by atoms with Crippen molar-refractivity contribution in [1.82, 2.24) is 0 Å². The molecular weight excluding hydrogens is 408 g/mol.